The molecule has 1 heterocycles. The van der Waals surface area contributed by atoms with E-state index < -0.39 is 27.7 Å². The smallest absolute Gasteiger partial charge is 0.356 e. The SMILES string of the molecule is COCC(NS(=O)(=O)c1scnc1C(=O)O)C(C)C. The number of nitrogens with zero attached hydrogens (tertiary/aromatic N) is 1. The molecule has 1 atom stereocenters. The lowest BCUT2D eigenvalue weighted by Crippen LogP contribution is -2.41. The van der Waals surface area contributed by atoms with Gasteiger partial charge in [-0.1, -0.05) is 13.8 Å². The fraction of sp³-hybridized carbons (Fsp3) is 0.600. The lowest BCUT2D eigenvalue weighted by molar-refractivity contribution is 0.0687. The zero-order valence-electron chi connectivity index (χ0n) is 10.8. The largest absolute Gasteiger partial charge is 0.476 e. The molecule has 1 unspecified atom stereocenters. The highest BCUT2D eigenvalue weighted by atomic mass is 32.2. The van der Waals surface area contributed by atoms with Crippen molar-refractivity contribution < 1.29 is 23.1 Å². The van der Waals surface area contributed by atoms with Crippen molar-refractivity contribution in [2.45, 2.75) is 24.1 Å². The van der Waals surface area contributed by atoms with Crippen LogP contribution in [0.4, 0.5) is 0 Å². The number of aromatic carboxylic acids is 1. The Hall–Kier alpha value is -1.03. The molecule has 9 heteroatoms. The van der Waals surface area contributed by atoms with Gasteiger partial charge in [-0.25, -0.2) is 22.9 Å². The van der Waals surface area contributed by atoms with Crippen molar-refractivity contribution in [1.82, 2.24) is 9.71 Å². The molecule has 0 spiro atoms. The molecular formula is C10H16N2O5S2. The number of carboxylic acids is 1. The van der Waals surface area contributed by atoms with Gasteiger partial charge < -0.3 is 9.84 Å². The molecule has 7 nitrogen and oxygen atoms in total. The summed E-state index contributed by atoms with van der Waals surface area (Å²) in [5, 5.41) is 8.89. The van der Waals surface area contributed by atoms with E-state index in [9.17, 15) is 13.2 Å². The lowest BCUT2D eigenvalue weighted by Gasteiger charge is -2.20. The Kier molecular flexibility index (Phi) is 5.41. The summed E-state index contributed by atoms with van der Waals surface area (Å²) < 4.78 is 31.4. The summed E-state index contributed by atoms with van der Waals surface area (Å²) in [5.41, 5.74) is 0.732. The minimum absolute atomic E-state index is 0.0101. The zero-order chi connectivity index (χ0) is 14.6. The molecule has 19 heavy (non-hydrogen) atoms. The van der Waals surface area contributed by atoms with Crippen molar-refractivity contribution in [3.8, 4) is 0 Å². The number of aromatic nitrogens is 1. The standard InChI is InChI=1S/C10H16N2O5S2/c1-6(2)7(4-17-3)12-19(15,16)10-8(9(13)14)11-5-18-10/h5-7,12H,4H2,1-3H3,(H,13,14). The van der Waals surface area contributed by atoms with Crippen molar-refractivity contribution in [1.29, 1.82) is 0 Å². The number of carboxylic acid groups (broad SMARTS) is 1. The summed E-state index contributed by atoms with van der Waals surface area (Å²) in [4.78, 5) is 14.5. The third-order valence-corrected chi connectivity index (χ3v) is 5.30. The van der Waals surface area contributed by atoms with Crippen molar-refractivity contribution in [2.75, 3.05) is 13.7 Å². The Morgan fingerprint density at radius 1 is 1.58 bits per heavy atom. The van der Waals surface area contributed by atoms with E-state index in [1.165, 1.54) is 12.6 Å². The molecule has 2 N–H and O–H groups in total. The molecule has 0 aliphatic heterocycles. The lowest BCUT2D eigenvalue weighted by atomic mass is 10.1. The Balaban J connectivity index is 3.03. The fourth-order valence-electron chi connectivity index (χ4n) is 1.36. The van der Waals surface area contributed by atoms with Gasteiger partial charge in [-0.2, -0.15) is 0 Å². The molecule has 1 rings (SSSR count). The molecule has 1 aromatic heterocycles. The predicted molar refractivity (Wildman–Crippen MR) is 69.9 cm³/mol. The van der Waals surface area contributed by atoms with E-state index in [1.807, 2.05) is 13.8 Å². The van der Waals surface area contributed by atoms with Crippen molar-refractivity contribution in [2.24, 2.45) is 5.92 Å². The van der Waals surface area contributed by atoms with Gasteiger partial charge in [0.25, 0.3) is 10.0 Å². The number of thiazole rings is 1. The van der Waals surface area contributed by atoms with Crippen LogP contribution >= 0.6 is 11.3 Å². The van der Waals surface area contributed by atoms with E-state index >= 15 is 0 Å². The number of nitrogens with one attached hydrogen (secondary N) is 1. The second-order valence-electron chi connectivity index (χ2n) is 4.22. The van der Waals surface area contributed by atoms with Crippen LogP contribution in [0.2, 0.25) is 0 Å². The van der Waals surface area contributed by atoms with Gasteiger partial charge in [-0.3, -0.25) is 0 Å². The molecular weight excluding hydrogens is 292 g/mol. The molecule has 0 fully saturated rings. The van der Waals surface area contributed by atoms with Crippen molar-refractivity contribution in [3.63, 3.8) is 0 Å². The highest BCUT2D eigenvalue weighted by Gasteiger charge is 2.29. The Morgan fingerprint density at radius 2 is 2.21 bits per heavy atom. The monoisotopic (exact) mass is 308 g/mol. The molecule has 1 aromatic rings. The van der Waals surface area contributed by atoms with Gasteiger partial charge in [0.15, 0.2) is 9.90 Å². The van der Waals surface area contributed by atoms with Crippen LogP contribution in [0.1, 0.15) is 24.3 Å². The normalized spacial score (nSPS) is 13.7. The third-order valence-electron chi connectivity index (χ3n) is 2.44. The number of methoxy groups -OCH3 is 1. The minimum atomic E-state index is -3.91. The van der Waals surface area contributed by atoms with Crippen LogP contribution in [-0.4, -0.2) is 44.2 Å². The van der Waals surface area contributed by atoms with Crippen LogP contribution in [0.25, 0.3) is 0 Å². The molecule has 0 radical (unpaired) electrons. The topological polar surface area (TPSA) is 106 Å². The van der Waals surface area contributed by atoms with Crippen molar-refractivity contribution >= 4 is 27.3 Å². The van der Waals surface area contributed by atoms with Crippen molar-refractivity contribution in [3.05, 3.63) is 11.2 Å². The van der Waals surface area contributed by atoms with Crippen LogP contribution in [0.15, 0.2) is 9.72 Å². The fourth-order valence-corrected chi connectivity index (χ4v) is 3.89. The van der Waals surface area contributed by atoms with E-state index in [-0.39, 0.29) is 16.7 Å². The van der Waals surface area contributed by atoms with Crippen LogP contribution in [0.3, 0.4) is 0 Å². The maximum absolute atomic E-state index is 12.1. The minimum Gasteiger partial charge on any atom is -0.476 e. The predicted octanol–water partition coefficient (Wildman–Crippen LogP) is 0.791. The van der Waals surface area contributed by atoms with E-state index in [1.54, 1.807) is 0 Å². The van der Waals surface area contributed by atoms with E-state index in [0.29, 0.717) is 0 Å². The Labute approximate surface area is 115 Å². The number of hydrogen-bond donors (Lipinski definition) is 2. The maximum atomic E-state index is 12.1. The van der Waals surface area contributed by atoms with Crippen LogP contribution in [0, 0.1) is 5.92 Å². The molecule has 0 bridgehead atoms. The van der Waals surface area contributed by atoms with Crippen LogP contribution < -0.4 is 4.72 Å². The second kappa shape index (κ2) is 6.42. The third kappa shape index (κ3) is 3.96. The summed E-state index contributed by atoms with van der Waals surface area (Å²) >= 11 is 0.773. The first-order valence-corrected chi connectivity index (χ1v) is 7.84. The average Bonchev–Trinajstić information content (AvgIpc) is 2.77. The summed E-state index contributed by atoms with van der Waals surface area (Å²) in [7, 11) is -2.44. The number of sulfonamides is 1. The van der Waals surface area contributed by atoms with E-state index in [0.717, 1.165) is 11.3 Å². The number of rotatable bonds is 7. The average molecular weight is 308 g/mol. The van der Waals surface area contributed by atoms with Crippen LogP contribution in [0.5, 0.6) is 0 Å². The first-order valence-electron chi connectivity index (χ1n) is 5.47. The molecule has 0 amide bonds. The zero-order valence-corrected chi connectivity index (χ0v) is 12.4. The molecule has 0 aromatic carbocycles. The van der Waals surface area contributed by atoms with Gasteiger partial charge in [0, 0.05) is 13.2 Å². The summed E-state index contributed by atoms with van der Waals surface area (Å²) in [6, 6.07) is -0.432. The molecule has 108 valence electrons. The molecule has 0 aliphatic rings. The van der Waals surface area contributed by atoms with Gasteiger partial charge in [0.2, 0.25) is 0 Å². The Morgan fingerprint density at radius 3 is 2.68 bits per heavy atom. The summed E-state index contributed by atoms with van der Waals surface area (Å²) in [5.74, 6) is -1.36. The second-order valence-corrected chi connectivity index (χ2v) is 6.98. The molecule has 0 aliphatic carbocycles. The number of hydrogen-bond acceptors (Lipinski definition) is 6. The van der Waals surface area contributed by atoms with Gasteiger partial charge in [0.05, 0.1) is 12.1 Å². The number of carbonyl (C=O) groups is 1. The highest BCUT2D eigenvalue weighted by Crippen LogP contribution is 2.21. The Bertz CT molecular complexity index is 538. The first kappa shape index (κ1) is 16.0. The summed E-state index contributed by atoms with van der Waals surface area (Å²) in [6.07, 6.45) is 0. The van der Waals surface area contributed by atoms with E-state index in [4.69, 9.17) is 9.84 Å². The van der Waals surface area contributed by atoms with Gasteiger partial charge >= 0.3 is 5.97 Å². The molecule has 0 saturated carbocycles. The van der Waals surface area contributed by atoms with Gasteiger partial charge in [-0.05, 0) is 5.92 Å². The van der Waals surface area contributed by atoms with Gasteiger partial charge in [-0.15, -0.1) is 11.3 Å². The maximum Gasteiger partial charge on any atom is 0.356 e. The quantitative estimate of drug-likeness (QED) is 0.771. The molecule has 0 saturated heterocycles. The number of ether oxygens (including phenoxy) is 1. The summed E-state index contributed by atoms with van der Waals surface area (Å²) in [6.45, 7) is 3.89. The highest BCUT2D eigenvalue weighted by molar-refractivity contribution is 7.91. The first-order chi connectivity index (χ1) is 8.79. The van der Waals surface area contributed by atoms with E-state index in [2.05, 4.69) is 9.71 Å². The van der Waals surface area contributed by atoms with Gasteiger partial charge in [0.1, 0.15) is 0 Å². The van der Waals surface area contributed by atoms with Crippen LogP contribution in [-0.2, 0) is 14.8 Å².